The van der Waals surface area contributed by atoms with Crippen LogP contribution in [-0.2, 0) is 29.0 Å². The van der Waals surface area contributed by atoms with Crippen molar-refractivity contribution in [2.24, 2.45) is 0 Å². The Morgan fingerprint density at radius 1 is 1.19 bits per heavy atom. The number of halogens is 5. The molecule has 11 nitrogen and oxygen atoms in total. The van der Waals surface area contributed by atoms with Crippen LogP contribution < -0.4 is 4.72 Å². The van der Waals surface area contributed by atoms with Crippen molar-refractivity contribution >= 4 is 62.5 Å². The van der Waals surface area contributed by atoms with Gasteiger partial charge in [-0.25, -0.2) is 21.9 Å². The quantitative estimate of drug-likeness (QED) is 0.297. The van der Waals surface area contributed by atoms with Gasteiger partial charge >= 0.3 is 0 Å². The summed E-state index contributed by atoms with van der Waals surface area (Å²) in [5, 5.41) is 18.7. The molecule has 4 unspecified atom stereocenters. The molecule has 1 aromatic heterocycles. The summed E-state index contributed by atoms with van der Waals surface area (Å²) in [4.78, 5) is 13.0. The number of rotatable bonds is 10. The highest BCUT2D eigenvalue weighted by Crippen LogP contribution is 2.42. The fourth-order valence-electron chi connectivity index (χ4n) is 4.44. The minimum absolute atomic E-state index is 0.0329. The summed E-state index contributed by atoms with van der Waals surface area (Å²) in [7, 11) is -2.53. The van der Waals surface area contributed by atoms with Gasteiger partial charge in [-0.3, -0.25) is 9.52 Å². The van der Waals surface area contributed by atoms with Gasteiger partial charge in [-0.2, -0.15) is 0 Å². The number of carbonyl (C=O) groups is 1. The highest BCUT2D eigenvalue weighted by molar-refractivity contribution is 7.99. The molecule has 0 bridgehead atoms. The lowest BCUT2D eigenvalue weighted by molar-refractivity contribution is -0.213. The van der Waals surface area contributed by atoms with Crippen LogP contribution >= 0.6 is 46.6 Å². The number of carbonyl (C=O) groups excluding carboxylic acids is 1. The number of methoxy groups -OCH3 is 1. The molecule has 0 saturated carbocycles. The Bertz CT molecular complexity index is 1580. The van der Waals surface area contributed by atoms with Gasteiger partial charge in [0.05, 0.1) is 28.6 Å². The van der Waals surface area contributed by atoms with E-state index < -0.39 is 75.1 Å². The van der Waals surface area contributed by atoms with Gasteiger partial charge in [0.1, 0.15) is 58.7 Å². The molecule has 2 aromatic carbocycles. The SMILES string of the molecule is CO[C@H]1C(C(C)O)O[C@H](Sc2ccc(Cl)c(Cl)c2)C(OCC(=O)NS(C)(=O)=O)C1n1cc(-c2cc(F)c(Cl)c(F)c2)nn1. The molecule has 4 rings (SSSR count). The average Bonchev–Trinajstić information content (AvgIpc) is 3.41. The first kappa shape index (κ1) is 33.8. The highest BCUT2D eigenvalue weighted by Gasteiger charge is 2.50. The fraction of sp³-hybridized carbons (Fsp3) is 0.400. The smallest absolute Gasteiger partial charge is 0.259 e. The standard InChI is InChI=1S/C25H25Cl3F2N4O7S2/c1-11(35)22-23(39-2)21(34-9-18(31-33-34)12-6-16(29)20(28)17(30)7-12)24(40-10-19(36)32-43(3,37)38)25(41-22)42-13-4-5-14(26)15(27)8-13/h4-9,11,21-25,35H,10H2,1-3H3,(H,32,36)/t11?,21?,22?,23-,24?,25-/m1/s1. The number of hydrogen-bond donors (Lipinski definition) is 2. The number of ether oxygens (including phenoxy) is 3. The molecule has 3 aromatic rings. The molecular weight excluding hydrogens is 677 g/mol. The molecule has 1 saturated heterocycles. The first-order valence-corrected chi connectivity index (χ1v) is 16.3. The Hall–Kier alpha value is -2.08. The summed E-state index contributed by atoms with van der Waals surface area (Å²) < 4.78 is 72.6. The number of hydrogen-bond acceptors (Lipinski definition) is 10. The average molecular weight is 702 g/mol. The third-order valence-corrected chi connectivity index (χ3v) is 9.09. The molecule has 234 valence electrons. The van der Waals surface area contributed by atoms with E-state index in [0.717, 1.165) is 30.2 Å². The van der Waals surface area contributed by atoms with Gasteiger partial charge in [0, 0.05) is 17.6 Å². The van der Waals surface area contributed by atoms with Gasteiger partial charge in [-0.1, -0.05) is 51.8 Å². The van der Waals surface area contributed by atoms with Crippen LogP contribution in [0, 0.1) is 11.6 Å². The van der Waals surface area contributed by atoms with Crippen molar-refractivity contribution in [3.05, 3.63) is 63.2 Å². The Labute approximate surface area is 264 Å². The monoisotopic (exact) mass is 700 g/mol. The van der Waals surface area contributed by atoms with Crippen molar-refractivity contribution < 1.29 is 41.3 Å². The van der Waals surface area contributed by atoms with Crippen LogP contribution in [-0.4, -0.2) is 84.2 Å². The van der Waals surface area contributed by atoms with Crippen LogP contribution in [0.25, 0.3) is 11.3 Å². The zero-order chi connectivity index (χ0) is 31.6. The van der Waals surface area contributed by atoms with Crippen LogP contribution in [0.3, 0.4) is 0 Å². The van der Waals surface area contributed by atoms with Gasteiger partial charge in [0.2, 0.25) is 10.0 Å². The maximum Gasteiger partial charge on any atom is 0.259 e. The lowest BCUT2D eigenvalue weighted by Gasteiger charge is -2.46. The zero-order valence-corrected chi connectivity index (χ0v) is 26.5. The van der Waals surface area contributed by atoms with Crippen LogP contribution in [0.5, 0.6) is 0 Å². The molecule has 2 N–H and O–H groups in total. The molecule has 1 amide bonds. The summed E-state index contributed by atoms with van der Waals surface area (Å²) in [6.07, 6.45) is -1.95. The summed E-state index contributed by atoms with van der Waals surface area (Å²) in [5.41, 5.74) is -0.880. The highest BCUT2D eigenvalue weighted by atomic mass is 35.5. The second-order valence-corrected chi connectivity index (χ2v) is 13.6. The van der Waals surface area contributed by atoms with E-state index in [2.05, 4.69) is 10.3 Å². The number of aliphatic hydroxyl groups is 1. The normalized spacial score (nSPS) is 23.2. The summed E-state index contributed by atoms with van der Waals surface area (Å²) >= 11 is 19.0. The third kappa shape index (κ3) is 8.15. The van der Waals surface area contributed by atoms with Gasteiger partial charge in [0.25, 0.3) is 5.91 Å². The van der Waals surface area contributed by atoms with Gasteiger partial charge < -0.3 is 19.3 Å². The van der Waals surface area contributed by atoms with Crippen molar-refractivity contribution in [3.63, 3.8) is 0 Å². The third-order valence-electron chi connectivity index (χ3n) is 6.25. The maximum atomic E-state index is 14.2. The van der Waals surface area contributed by atoms with E-state index in [1.165, 1.54) is 24.9 Å². The van der Waals surface area contributed by atoms with E-state index >= 15 is 0 Å². The molecule has 0 spiro atoms. The predicted molar refractivity (Wildman–Crippen MR) is 156 cm³/mol. The zero-order valence-electron chi connectivity index (χ0n) is 22.6. The number of thioether (sulfide) groups is 1. The number of aliphatic hydroxyl groups excluding tert-OH is 1. The number of aromatic nitrogens is 3. The minimum atomic E-state index is -3.88. The van der Waals surface area contributed by atoms with Crippen LogP contribution in [0.2, 0.25) is 15.1 Å². The molecule has 2 heterocycles. The number of nitrogens with zero attached hydrogens (tertiary/aromatic N) is 3. The van der Waals surface area contributed by atoms with Crippen molar-refractivity contribution in [3.8, 4) is 11.3 Å². The van der Waals surface area contributed by atoms with Crippen LogP contribution in [0.1, 0.15) is 13.0 Å². The fourth-order valence-corrected chi connectivity index (χ4v) is 6.54. The van der Waals surface area contributed by atoms with E-state index in [4.69, 9.17) is 49.0 Å². The molecule has 0 aliphatic carbocycles. The van der Waals surface area contributed by atoms with E-state index in [1.807, 2.05) is 4.72 Å². The van der Waals surface area contributed by atoms with Crippen molar-refractivity contribution in [2.45, 2.75) is 47.7 Å². The Morgan fingerprint density at radius 2 is 1.86 bits per heavy atom. The van der Waals surface area contributed by atoms with Gasteiger partial charge in [-0.15, -0.1) is 5.10 Å². The van der Waals surface area contributed by atoms with E-state index in [9.17, 15) is 27.1 Å². The molecule has 1 fully saturated rings. The summed E-state index contributed by atoms with van der Waals surface area (Å²) in [6.45, 7) is 0.766. The van der Waals surface area contributed by atoms with E-state index in [0.29, 0.717) is 9.92 Å². The van der Waals surface area contributed by atoms with E-state index in [-0.39, 0.29) is 16.3 Å². The van der Waals surface area contributed by atoms with Crippen molar-refractivity contribution in [1.82, 2.24) is 19.7 Å². The minimum Gasteiger partial charge on any atom is -0.391 e. The number of nitrogens with one attached hydrogen (secondary N) is 1. The van der Waals surface area contributed by atoms with Crippen LogP contribution in [0.4, 0.5) is 8.78 Å². The molecule has 43 heavy (non-hydrogen) atoms. The Morgan fingerprint density at radius 3 is 2.44 bits per heavy atom. The lowest BCUT2D eigenvalue weighted by atomic mass is 9.93. The van der Waals surface area contributed by atoms with Gasteiger partial charge in [0.15, 0.2) is 0 Å². The largest absolute Gasteiger partial charge is 0.391 e. The van der Waals surface area contributed by atoms with E-state index in [1.54, 1.807) is 18.2 Å². The first-order valence-electron chi connectivity index (χ1n) is 12.4. The molecular formula is C25H25Cl3F2N4O7S2. The maximum absolute atomic E-state index is 14.2. The van der Waals surface area contributed by atoms with Crippen molar-refractivity contribution in [2.75, 3.05) is 20.0 Å². The summed E-state index contributed by atoms with van der Waals surface area (Å²) in [5.74, 6) is -2.97. The second-order valence-electron chi connectivity index (χ2n) is 9.51. The predicted octanol–water partition coefficient (Wildman–Crippen LogP) is 4.10. The molecule has 6 atom stereocenters. The topological polar surface area (TPSA) is 142 Å². The first-order chi connectivity index (χ1) is 20.2. The van der Waals surface area contributed by atoms with Gasteiger partial charge in [-0.05, 0) is 37.3 Å². The molecule has 0 radical (unpaired) electrons. The molecule has 18 heteroatoms. The number of amides is 1. The lowest BCUT2D eigenvalue weighted by Crippen LogP contribution is -2.58. The molecule has 1 aliphatic heterocycles. The Balaban J connectivity index is 1.78. The van der Waals surface area contributed by atoms with Crippen molar-refractivity contribution in [1.29, 1.82) is 0 Å². The number of sulfonamides is 1. The van der Waals surface area contributed by atoms with Crippen LogP contribution in [0.15, 0.2) is 41.4 Å². The molecule has 1 aliphatic rings. The second kappa shape index (κ2) is 13.9. The Kier molecular flexibility index (Phi) is 10.9. The summed E-state index contributed by atoms with van der Waals surface area (Å²) in [6, 6.07) is 5.82. The number of benzene rings is 2.